The first-order valence-electron chi connectivity index (χ1n) is 3.75. The molecule has 0 fully saturated rings. The summed E-state index contributed by atoms with van der Waals surface area (Å²) in [6, 6.07) is 8.11. The number of benzene rings is 1. The Kier molecular flexibility index (Phi) is 1.88. The topological polar surface area (TPSA) is 20.2 Å². The quantitative estimate of drug-likeness (QED) is 0.636. The number of thioether (sulfide) groups is 1. The number of fused-ring (bicyclic) bond motifs is 1. The largest absolute Gasteiger partial charge is 0.378 e. The molecule has 1 aromatic carbocycles. The van der Waals surface area contributed by atoms with Crippen molar-refractivity contribution in [3.05, 3.63) is 35.4 Å². The first-order valence-corrected chi connectivity index (χ1v) is 4.80. The van der Waals surface area contributed by atoms with Crippen LogP contribution >= 0.6 is 11.8 Å². The number of aliphatic hydroxyl groups excluding tert-OH is 1. The molecule has 2 heteroatoms. The van der Waals surface area contributed by atoms with Gasteiger partial charge in [-0.1, -0.05) is 24.3 Å². The molecule has 2 rings (SSSR count). The predicted octanol–water partition coefficient (Wildman–Crippen LogP) is 1.97. The van der Waals surface area contributed by atoms with Crippen LogP contribution in [0.4, 0.5) is 0 Å². The van der Waals surface area contributed by atoms with E-state index in [1.165, 1.54) is 5.56 Å². The van der Waals surface area contributed by atoms with E-state index in [-0.39, 0.29) is 5.44 Å². The van der Waals surface area contributed by atoms with Crippen molar-refractivity contribution >= 4 is 11.8 Å². The van der Waals surface area contributed by atoms with E-state index < -0.39 is 0 Å². The molecule has 1 aliphatic heterocycles. The molecular formula is C9H10OS. The Bertz CT molecular complexity index is 259. The number of aryl methyl sites for hydroxylation is 1. The van der Waals surface area contributed by atoms with Crippen LogP contribution in [0.25, 0.3) is 0 Å². The lowest BCUT2D eigenvalue weighted by molar-refractivity contribution is 0.267. The van der Waals surface area contributed by atoms with Crippen LogP contribution in [0.2, 0.25) is 0 Å². The van der Waals surface area contributed by atoms with Crippen LogP contribution in [-0.2, 0) is 6.42 Å². The van der Waals surface area contributed by atoms with Gasteiger partial charge in [0, 0.05) is 5.75 Å². The Hall–Kier alpha value is -0.470. The van der Waals surface area contributed by atoms with Crippen LogP contribution in [-0.4, -0.2) is 10.9 Å². The molecule has 0 radical (unpaired) electrons. The minimum absolute atomic E-state index is 0.292. The molecule has 0 aromatic heterocycles. The first-order chi connectivity index (χ1) is 5.38. The molecule has 1 N–H and O–H groups in total. The summed E-state index contributed by atoms with van der Waals surface area (Å²) in [5, 5.41) is 9.52. The number of aliphatic hydroxyl groups is 1. The van der Waals surface area contributed by atoms with Gasteiger partial charge in [-0.2, -0.15) is 0 Å². The van der Waals surface area contributed by atoms with Gasteiger partial charge in [0.15, 0.2) is 0 Å². The second-order valence-electron chi connectivity index (χ2n) is 2.67. The summed E-state index contributed by atoms with van der Waals surface area (Å²) in [5.41, 5.74) is 2.11. The molecule has 58 valence electrons. The third-order valence-electron chi connectivity index (χ3n) is 1.97. The van der Waals surface area contributed by atoms with Crippen molar-refractivity contribution in [3.63, 3.8) is 0 Å². The number of hydrogen-bond acceptors (Lipinski definition) is 2. The summed E-state index contributed by atoms with van der Waals surface area (Å²) in [7, 11) is 0. The van der Waals surface area contributed by atoms with Gasteiger partial charge in [-0.15, -0.1) is 11.8 Å². The molecule has 1 unspecified atom stereocenters. The lowest BCUT2D eigenvalue weighted by Crippen LogP contribution is -2.06. The fourth-order valence-electron chi connectivity index (χ4n) is 1.37. The van der Waals surface area contributed by atoms with Crippen molar-refractivity contribution in [2.24, 2.45) is 0 Å². The molecule has 1 heterocycles. The van der Waals surface area contributed by atoms with Crippen LogP contribution < -0.4 is 0 Å². The molecule has 1 aliphatic rings. The van der Waals surface area contributed by atoms with Gasteiger partial charge in [-0.05, 0) is 17.5 Å². The number of rotatable bonds is 0. The molecule has 0 spiro atoms. The maximum atomic E-state index is 9.52. The standard InChI is InChI=1S/C9H10OS/c10-9-8-4-2-1-3-7(8)5-6-11-9/h1-4,9-10H,5-6H2. The minimum Gasteiger partial charge on any atom is -0.378 e. The summed E-state index contributed by atoms with van der Waals surface area (Å²) in [5.74, 6) is 1.04. The van der Waals surface area contributed by atoms with E-state index in [0.29, 0.717) is 0 Å². The third kappa shape index (κ3) is 1.28. The highest BCUT2D eigenvalue weighted by Crippen LogP contribution is 2.33. The summed E-state index contributed by atoms with van der Waals surface area (Å²) in [4.78, 5) is 0. The Morgan fingerprint density at radius 1 is 1.36 bits per heavy atom. The fourth-order valence-corrected chi connectivity index (χ4v) is 2.34. The Balaban J connectivity index is 2.44. The van der Waals surface area contributed by atoms with Crippen LogP contribution in [0.1, 0.15) is 16.6 Å². The van der Waals surface area contributed by atoms with Crippen molar-refractivity contribution in [1.82, 2.24) is 0 Å². The lowest BCUT2D eigenvalue weighted by Gasteiger charge is -2.19. The molecule has 0 saturated carbocycles. The minimum atomic E-state index is -0.292. The van der Waals surface area contributed by atoms with Gasteiger partial charge in [0.25, 0.3) is 0 Å². The third-order valence-corrected chi connectivity index (χ3v) is 2.98. The van der Waals surface area contributed by atoms with Crippen molar-refractivity contribution in [1.29, 1.82) is 0 Å². The highest BCUT2D eigenvalue weighted by atomic mass is 32.2. The van der Waals surface area contributed by atoms with Gasteiger partial charge in [0.2, 0.25) is 0 Å². The predicted molar refractivity (Wildman–Crippen MR) is 47.6 cm³/mol. The van der Waals surface area contributed by atoms with E-state index in [2.05, 4.69) is 6.07 Å². The summed E-state index contributed by atoms with van der Waals surface area (Å²) < 4.78 is 0. The van der Waals surface area contributed by atoms with Crippen molar-refractivity contribution in [2.75, 3.05) is 5.75 Å². The molecule has 0 amide bonds. The van der Waals surface area contributed by atoms with Crippen LogP contribution in [0, 0.1) is 0 Å². The highest BCUT2D eigenvalue weighted by Gasteiger charge is 2.16. The van der Waals surface area contributed by atoms with E-state index in [4.69, 9.17) is 0 Å². The van der Waals surface area contributed by atoms with Gasteiger partial charge in [0.1, 0.15) is 5.44 Å². The van der Waals surface area contributed by atoms with Crippen molar-refractivity contribution < 1.29 is 5.11 Å². The maximum Gasteiger partial charge on any atom is 0.125 e. The molecular weight excluding hydrogens is 156 g/mol. The fraction of sp³-hybridized carbons (Fsp3) is 0.333. The van der Waals surface area contributed by atoms with E-state index in [9.17, 15) is 5.11 Å². The summed E-state index contributed by atoms with van der Waals surface area (Å²) in [6.07, 6.45) is 1.10. The van der Waals surface area contributed by atoms with Gasteiger partial charge < -0.3 is 5.11 Å². The summed E-state index contributed by atoms with van der Waals surface area (Å²) >= 11 is 1.62. The molecule has 1 nitrogen and oxygen atoms in total. The molecule has 11 heavy (non-hydrogen) atoms. The Labute approximate surface area is 70.4 Å². The van der Waals surface area contributed by atoms with Gasteiger partial charge in [-0.3, -0.25) is 0 Å². The Morgan fingerprint density at radius 3 is 3.00 bits per heavy atom. The zero-order chi connectivity index (χ0) is 7.68. The second-order valence-corrected chi connectivity index (χ2v) is 3.86. The van der Waals surface area contributed by atoms with E-state index in [1.54, 1.807) is 11.8 Å². The van der Waals surface area contributed by atoms with E-state index in [0.717, 1.165) is 17.7 Å². The molecule has 0 saturated heterocycles. The monoisotopic (exact) mass is 166 g/mol. The van der Waals surface area contributed by atoms with Gasteiger partial charge in [0.05, 0.1) is 0 Å². The van der Waals surface area contributed by atoms with Crippen molar-refractivity contribution in [2.45, 2.75) is 11.9 Å². The maximum absolute atomic E-state index is 9.52. The van der Waals surface area contributed by atoms with Gasteiger partial charge in [-0.25, -0.2) is 0 Å². The smallest absolute Gasteiger partial charge is 0.125 e. The summed E-state index contributed by atoms with van der Waals surface area (Å²) in [6.45, 7) is 0. The first kappa shape index (κ1) is 7.19. The normalized spacial score (nSPS) is 22.8. The molecule has 0 bridgehead atoms. The Morgan fingerprint density at radius 2 is 2.18 bits per heavy atom. The highest BCUT2D eigenvalue weighted by molar-refractivity contribution is 7.99. The number of hydrogen-bond donors (Lipinski definition) is 1. The zero-order valence-electron chi connectivity index (χ0n) is 6.16. The van der Waals surface area contributed by atoms with E-state index >= 15 is 0 Å². The lowest BCUT2D eigenvalue weighted by atomic mass is 10.1. The second kappa shape index (κ2) is 2.88. The van der Waals surface area contributed by atoms with Crippen LogP contribution in [0.15, 0.2) is 24.3 Å². The average Bonchev–Trinajstić information content (AvgIpc) is 2.06. The zero-order valence-corrected chi connectivity index (χ0v) is 6.97. The van der Waals surface area contributed by atoms with Crippen LogP contribution in [0.5, 0.6) is 0 Å². The molecule has 1 atom stereocenters. The molecule has 0 aliphatic carbocycles. The van der Waals surface area contributed by atoms with Crippen molar-refractivity contribution in [3.8, 4) is 0 Å². The van der Waals surface area contributed by atoms with Gasteiger partial charge >= 0.3 is 0 Å². The van der Waals surface area contributed by atoms with E-state index in [1.807, 2.05) is 18.2 Å². The molecule has 1 aromatic rings. The average molecular weight is 166 g/mol. The SMILES string of the molecule is OC1SCCc2ccccc21. The van der Waals surface area contributed by atoms with Crippen LogP contribution in [0.3, 0.4) is 0 Å².